The summed E-state index contributed by atoms with van der Waals surface area (Å²) in [5.41, 5.74) is 6.59. The molecule has 0 fully saturated rings. The Bertz CT molecular complexity index is 763. The Morgan fingerprint density at radius 1 is 1.21 bits per heavy atom. The molecule has 24 heavy (non-hydrogen) atoms. The van der Waals surface area contributed by atoms with E-state index in [9.17, 15) is 4.79 Å². The molecular weight excluding hydrogens is 298 g/mol. The first-order chi connectivity index (χ1) is 11.6. The van der Waals surface area contributed by atoms with Gasteiger partial charge in [-0.05, 0) is 62.6 Å². The summed E-state index contributed by atoms with van der Waals surface area (Å²) in [4.78, 5) is 16.3. The number of anilines is 1. The minimum Gasteiger partial charge on any atom is -0.322 e. The standard InChI is InChI=1S/C20H23N3O/c1-14-7-9-22-13-17(14)11-16-3-5-18(6-4-16)23-20(24)19-8-10-21-12-15(19)2/h3-6,8,10,12,22H,7,9,11,13H2,1-2H3,(H,23,24). The molecule has 4 nitrogen and oxygen atoms in total. The van der Waals surface area contributed by atoms with E-state index in [0.29, 0.717) is 5.56 Å². The number of amides is 1. The quantitative estimate of drug-likeness (QED) is 0.848. The molecule has 1 amide bonds. The van der Waals surface area contributed by atoms with Crippen molar-refractivity contribution in [1.82, 2.24) is 10.3 Å². The van der Waals surface area contributed by atoms with Gasteiger partial charge in [-0.15, -0.1) is 0 Å². The summed E-state index contributed by atoms with van der Waals surface area (Å²) in [7, 11) is 0. The fourth-order valence-electron chi connectivity index (χ4n) is 2.94. The SMILES string of the molecule is CC1=C(Cc2ccc(NC(=O)c3ccncc3C)cc2)CNCC1. The van der Waals surface area contributed by atoms with Gasteiger partial charge in [-0.2, -0.15) is 0 Å². The second-order valence-electron chi connectivity index (χ2n) is 6.33. The van der Waals surface area contributed by atoms with Crippen LogP contribution in [0.5, 0.6) is 0 Å². The maximum atomic E-state index is 12.3. The lowest BCUT2D eigenvalue weighted by Crippen LogP contribution is -2.25. The molecule has 0 unspecified atom stereocenters. The molecule has 0 aliphatic carbocycles. The Hall–Kier alpha value is -2.46. The average Bonchev–Trinajstić information content (AvgIpc) is 2.59. The van der Waals surface area contributed by atoms with Gasteiger partial charge in [-0.1, -0.05) is 23.3 Å². The van der Waals surface area contributed by atoms with Crippen LogP contribution in [0, 0.1) is 6.92 Å². The molecule has 0 saturated heterocycles. The third kappa shape index (κ3) is 3.89. The van der Waals surface area contributed by atoms with Gasteiger partial charge in [0, 0.05) is 30.2 Å². The lowest BCUT2D eigenvalue weighted by atomic mass is 9.96. The van der Waals surface area contributed by atoms with Gasteiger partial charge in [0.2, 0.25) is 0 Å². The van der Waals surface area contributed by atoms with Crippen molar-refractivity contribution in [1.29, 1.82) is 0 Å². The van der Waals surface area contributed by atoms with Crippen LogP contribution in [0.25, 0.3) is 0 Å². The summed E-state index contributed by atoms with van der Waals surface area (Å²) in [6.45, 7) is 6.17. The number of pyridine rings is 1. The van der Waals surface area contributed by atoms with Crippen molar-refractivity contribution in [2.24, 2.45) is 0 Å². The minimum atomic E-state index is -0.0994. The fraction of sp³-hybridized carbons (Fsp3) is 0.300. The highest BCUT2D eigenvalue weighted by atomic mass is 16.1. The summed E-state index contributed by atoms with van der Waals surface area (Å²) in [5.74, 6) is -0.0994. The van der Waals surface area contributed by atoms with Crippen molar-refractivity contribution in [2.75, 3.05) is 18.4 Å². The number of benzene rings is 1. The van der Waals surface area contributed by atoms with Gasteiger partial charge in [-0.3, -0.25) is 9.78 Å². The molecule has 0 saturated carbocycles. The van der Waals surface area contributed by atoms with Gasteiger partial charge in [0.25, 0.3) is 5.91 Å². The predicted molar refractivity (Wildman–Crippen MR) is 97.3 cm³/mol. The van der Waals surface area contributed by atoms with E-state index in [1.54, 1.807) is 18.5 Å². The van der Waals surface area contributed by atoms with Crippen molar-refractivity contribution < 1.29 is 4.79 Å². The van der Waals surface area contributed by atoms with Gasteiger partial charge in [0.15, 0.2) is 0 Å². The van der Waals surface area contributed by atoms with Gasteiger partial charge >= 0.3 is 0 Å². The first kappa shape index (κ1) is 16.4. The number of nitrogens with zero attached hydrogens (tertiary/aromatic N) is 1. The molecule has 124 valence electrons. The van der Waals surface area contributed by atoms with E-state index in [0.717, 1.165) is 37.2 Å². The van der Waals surface area contributed by atoms with Crippen molar-refractivity contribution in [3.8, 4) is 0 Å². The smallest absolute Gasteiger partial charge is 0.256 e. The van der Waals surface area contributed by atoms with Crippen LogP contribution in [-0.2, 0) is 6.42 Å². The Morgan fingerprint density at radius 2 is 2.00 bits per heavy atom. The highest BCUT2D eigenvalue weighted by Crippen LogP contribution is 2.19. The third-order valence-corrected chi connectivity index (χ3v) is 4.51. The van der Waals surface area contributed by atoms with E-state index in [-0.39, 0.29) is 5.91 Å². The average molecular weight is 321 g/mol. The lowest BCUT2D eigenvalue weighted by Gasteiger charge is -2.19. The number of nitrogens with one attached hydrogen (secondary N) is 2. The first-order valence-electron chi connectivity index (χ1n) is 8.32. The Kier molecular flexibility index (Phi) is 5.06. The molecule has 2 heterocycles. The van der Waals surface area contributed by atoms with E-state index in [1.807, 2.05) is 19.1 Å². The largest absolute Gasteiger partial charge is 0.322 e. The van der Waals surface area contributed by atoms with Gasteiger partial charge < -0.3 is 10.6 Å². The van der Waals surface area contributed by atoms with Gasteiger partial charge in [-0.25, -0.2) is 0 Å². The molecule has 0 atom stereocenters. The topological polar surface area (TPSA) is 54.0 Å². The van der Waals surface area contributed by atoms with E-state index in [1.165, 1.54) is 16.7 Å². The van der Waals surface area contributed by atoms with Crippen LogP contribution in [0.15, 0.2) is 53.9 Å². The molecule has 2 N–H and O–H groups in total. The van der Waals surface area contributed by atoms with E-state index >= 15 is 0 Å². The molecule has 1 aliphatic rings. The summed E-state index contributed by atoms with van der Waals surface area (Å²) in [5, 5.41) is 6.37. The van der Waals surface area contributed by atoms with Gasteiger partial charge in [0.05, 0.1) is 0 Å². The zero-order valence-corrected chi connectivity index (χ0v) is 14.2. The maximum Gasteiger partial charge on any atom is 0.256 e. The number of hydrogen-bond acceptors (Lipinski definition) is 3. The van der Waals surface area contributed by atoms with E-state index < -0.39 is 0 Å². The van der Waals surface area contributed by atoms with Gasteiger partial charge in [0.1, 0.15) is 0 Å². The fourth-order valence-corrected chi connectivity index (χ4v) is 2.94. The van der Waals surface area contributed by atoms with Crippen molar-refractivity contribution in [3.05, 3.63) is 70.6 Å². The highest BCUT2D eigenvalue weighted by molar-refractivity contribution is 6.05. The zero-order chi connectivity index (χ0) is 16.9. The second kappa shape index (κ2) is 7.41. The Balaban J connectivity index is 1.66. The molecule has 1 aromatic carbocycles. The summed E-state index contributed by atoms with van der Waals surface area (Å²) in [6, 6.07) is 9.85. The number of rotatable bonds is 4. The molecule has 3 rings (SSSR count). The van der Waals surface area contributed by atoms with E-state index in [2.05, 4.69) is 34.7 Å². The molecule has 1 aliphatic heterocycles. The Labute approximate surface area is 143 Å². The van der Waals surface area contributed by atoms with Crippen molar-refractivity contribution >= 4 is 11.6 Å². The number of carbonyl (C=O) groups excluding carboxylic acids is 1. The third-order valence-electron chi connectivity index (χ3n) is 4.51. The van der Waals surface area contributed by atoms with Crippen LogP contribution >= 0.6 is 0 Å². The normalized spacial score (nSPS) is 14.6. The van der Waals surface area contributed by atoms with Crippen LogP contribution in [0.1, 0.15) is 34.8 Å². The summed E-state index contributed by atoms with van der Waals surface area (Å²) < 4.78 is 0. The van der Waals surface area contributed by atoms with Crippen LogP contribution in [0.2, 0.25) is 0 Å². The van der Waals surface area contributed by atoms with Crippen LogP contribution in [0.4, 0.5) is 5.69 Å². The molecule has 0 radical (unpaired) electrons. The zero-order valence-electron chi connectivity index (χ0n) is 14.2. The first-order valence-corrected chi connectivity index (χ1v) is 8.32. The van der Waals surface area contributed by atoms with Crippen molar-refractivity contribution in [2.45, 2.75) is 26.7 Å². The molecule has 2 aromatic rings. The second-order valence-corrected chi connectivity index (χ2v) is 6.33. The van der Waals surface area contributed by atoms with E-state index in [4.69, 9.17) is 0 Å². The number of carbonyl (C=O) groups is 1. The molecule has 1 aromatic heterocycles. The Morgan fingerprint density at radius 3 is 2.71 bits per heavy atom. The highest BCUT2D eigenvalue weighted by Gasteiger charge is 2.11. The maximum absolute atomic E-state index is 12.3. The van der Waals surface area contributed by atoms with Crippen molar-refractivity contribution in [3.63, 3.8) is 0 Å². The monoisotopic (exact) mass is 321 g/mol. The number of aromatic nitrogens is 1. The number of aryl methyl sites for hydroxylation is 1. The molecule has 0 spiro atoms. The van der Waals surface area contributed by atoms with Crippen LogP contribution in [0.3, 0.4) is 0 Å². The number of hydrogen-bond donors (Lipinski definition) is 2. The predicted octanol–water partition coefficient (Wildman–Crippen LogP) is 3.49. The summed E-state index contributed by atoms with van der Waals surface area (Å²) >= 11 is 0. The van der Waals surface area contributed by atoms with Crippen LogP contribution < -0.4 is 10.6 Å². The van der Waals surface area contributed by atoms with Crippen LogP contribution in [-0.4, -0.2) is 24.0 Å². The molecule has 0 bridgehead atoms. The molecule has 4 heteroatoms. The molecular formula is C20H23N3O. The lowest BCUT2D eigenvalue weighted by molar-refractivity contribution is 0.102. The summed E-state index contributed by atoms with van der Waals surface area (Å²) in [6.07, 6.45) is 5.44. The minimum absolute atomic E-state index is 0.0994.